The van der Waals surface area contributed by atoms with Crippen LogP contribution in [0.15, 0.2) is 16.5 Å². The van der Waals surface area contributed by atoms with Crippen LogP contribution in [-0.4, -0.2) is 36.8 Å². The molecule has 0 fully saturated rings. The zero-order valence-electron chi connectivity index (χ0n) is 12.2. The van der Waals surface area contributed by atoms with Crippen molar-refractivity contribution in [2.24, 2.45) is 0 Å². The van der Waals surface area contributed by atoms with Crippen molar-refractivity contribution in [1.82, 2.24) is 10.2 Å². The van der Waals surface area contributed by atoms with Crippen LogP contribution in [0.2, 0.25) is 0 Å². The minimum atomic E-state index is -2.35. The lowest BCUT2D eigenvalue weighted by atomic mass is 10.3. The number of hydrogen-bond donors (Lipinski definition) is 1. The van der Waals surface area contributed by atoms with Crippen LogP contribution in [0.25, 0.3) is 0 Å². The lowest BCUT2D eigenvalue weighted by molar-refractivity contribution is 0.251. The molecule has 0 unspecified atom stereocenters. The molecule has 0 saturated heterocycles. The lowest BCUT2D eigenvalue weighted by Gasteiger charge is -2.17. The predicted octanol–water partition coefficient (Wildman–Crippen LogP) is 3.56. The highest BCUT2D eigenvalue weighted by molar-refractivity contribution is 7.98. The number of rotatable bonds is 11. The van der Waals surface area contributed by atoms with Gasteiger partial charge in [0.1, 0.15) is 11.5 Å². The first-order valence-electron chi connectivity index (χ1n) is 7.06. The third kappa shape index (κ3) is 7.26. The lowest BCUT2D eigenvalue weighted by Crippen LogP contribution is -2.27. The van der Waals surface area contributed by atoms with E-state index in [0.717, 1.165) is 38.4 Å². The number of nitrogens with zero attached hydrogens (tertiary/aromatic N) is 1. The van der Waals surface area contributed by atoms with Gasteiger partial charge in [0, 0.05) is 0 Å². The molecule has 0 atom stereocenters. The number of halogens is 2. The van der Waals surface area contributed by atoms with Gasteiger partial charge in [0.15, 0.2) is 0 Å². The minimum absolute atomic E-state index is 0.222. The van der Waals surface area contributed by atoms with Gasteiger partial charge >= 0.3 is 0 Å². The van der Waals surface area contributed by atoms with Crippen molar-refractivity contribution < 1.29 is 13.2 Å². The van der Waals surface area contributed by atoms with E-state index in [9.17, 15) is 8.78 Å². The van der Waals surface area contributed by atoms with Crippen molar-refractivity contribution in [3.63, 3.8) is 0 Å². The van der Waals surface area contributed by atoms with Gasteiger partial charge in [-0.3, -0.25) is 0 Å². The Kier molecular flexibility index (Phi) is 8.89. The normalized spacial score (nSPS) is 11.7. The monoisotopic (exact) mass is 306 g/mol. The molecule has 20 heavy (non-hydrogen) atoms. The van der Waals surface area contributed by atoms with E-state index in [1.54, 1.807) is 6.07 Å². The summed E-state index contributed by atoms with van der Waals surface area (Å²) in [4.78, 5) is 2.38. The molecule has 1 aromatic rings. The van der Waals surface area contributed by atoms with E-state index in [1.165, 1.54) is 0 Å². The van der Waals surface area contributed by atoms with Crippen molar-refractivity contribution in [1.29, 1.82) is 0 Å². The van der Waals surface area contributed by atoms with Crippen LogP contribution in [0.3, 0.4) is 0 Å². The number of nitrogens with one attached hydrogen (secondary N) is 1. The van der Waals surface area contributed by atoms with E-state index in [1.807, 2.05) is 6.07 Å². The van der Waals surface area contributed by atoms with Gasteiger partial charge in [0.05, 0.1) is 12.3 Å². The van der Waals surface area contributed by atoms with Gasteiger partial charge in [0.25, 0.3) is 5.76 Å². The average molecular weight is 306 g/mol. The third-order valence-electron chi connectivity index (χ3n) is 3.09. The summed E-state index contributed by atoms with van der Waals surface area (Å²) >= 11 is 0.585. The Labute approximate surface area is 124 Å². The smallest absolute Gasteiger partial charge is 0.284 e. The molecule has 116 valence electrons. The second-order valence-electron chi connectivity index (χ2n) is 4.50. The van der Waals surface area contributed by atoms with Gasteiger partial charge in [0.2, 0.25) is 0 Å². The van der Waals surface area contributed by atoms with Crippen molar-refractivity contribution in [3.05, 3.63) is 23.7 Å². The van der Waals surface area contributed by atoms with Crippen LogP contribution < -0.4 is 5.32 Å². The molecule has 1 rings (SSSR count). The molecule has 0 bridgehead atoms. The fourth-order valence-corrected chi connectivity index (χ4v) is 2.36. The number of thioether (sulfide) groups is 1. The van der Waals surface area contributed by atoms with Gasteiger partial charge in [-0.1, -0.05) is 25.6 Å². The fraction of sp³-hybridized carbons (Fsp3) is 0.714. The molecule has 0 aliphatic rings. The summed E-state index contributed by atoms with van der Waals surface area (Å²) < 4.78 is 29.6. The third-order valence-corrected chi connectivity index (χ3v) is 3.79. The quantitative estimate of drug-likeness (QED) is 0.633. The van der Waals surface area contributed by atoms with Crippen molar-refractivity contribution >= 4 is 11.8 Å². The summed E-state index contributed by atoms with van der Waals surface area (Å²) in [6, 6.07) is 3.61. The van der Waals surface area contributed by atoms with Crippen LogP contribution in [0, 0.1) is 0 Å². The molecule has 6 heteroatoms. The predicted molar refractivity (Wildman–Crippen MR) is 80.1 cm³/mol. The summed E-state index contributed by atoms with van der Waals surface area (Å²) in [6.07, 6.45) is 1.09. The van der Waals surface area contributed by atoms with Gasteiger partial charge < -0.3 is 14.6 Å². The van der Waals surface area contributed by atoms with E-state index in [2.05, 4.69) is 24.1 Å². The molecule has 3 nitrogen and oxygen atoms in total. The first-order chi connectivity index (χ1) is 9.65. The van der Waals surface area contributed by atoms with Gasteiger partial charge in [-0.05, 0) is 44.7 Å². The second kappa shape index (κ2) is 10.2. The van der Waals surface area contributed by atoms with Crippen molar-refractivity contribution in [3.8, 4) is 0 Å². The highest BCUT2D eigenvalue weighted by atomic mass is 32.2. The van der Waals surface area contributed by atoms with Gasteiger partial charge in [-0.25, -0.2) is 0 Å². The number of alkyl halides is 2. The molecule has 0 aliphatic heterocycles. The largest absolute Gasteiger partial charge is 0.464 e. The molecule has 0 amide bonds. The SMILES string of the molecule is CCN(CC)CCCNCc1ccc(CSC(F)F)o1. The topological polar surface area (TPSA) is 28.4 Å². The Bertz CT molecular complexity index is 357. The van der Waals surface area contributed by atoms with E-state index in [-0.39, 0.29) is 5.75 Å². The molecule has 1 N–H and O–H groups in total. The molecule has 0 saturated carbocycles. The first-order valence-corrected chi connectivity index (χ1v) is 8.11. The molecule has 1 heterocycles. The highest BCUT2D eigenvalue weighted by Crippen LogP contribution is 2.21. The zero-order valence-corrected chi connectivity index (χ0v) is 13.0. The first kappa shape index (κ1) is 17.5. The average Bonchev–Trinajstić information content (AvgIpc) is 2.88. The summed E-state index contributed by atoms with van der Waals surface area (Å²) in [6.45, 7) is 9.17. The van der Waals surface area contributed by atoms with Crippen LogP contribution in [0.5, 0.6) is 0 Å². The van der Waals surface area contributed by atoms with Crippen LogP contribution in [-0.2, 0) is 12.3 Å². The molecular formula is C14H24F2N2OS. The summed E-state index contributed by atoms with van der Waals surface area (Å²) in [5.41, 5.74) is 0. The van der Waals surface area contributed by atoms with Crippen molar-refractivity contribution in [2.75, 3.05) is 26.2 Å². The Morgan fingerprint density at radius 3 is 2.60 bits per heavy atom. The van der Waals surface area contributed by atoms with Crippen LogP contribution >= 0.6 is 11.8 Å². The van der Waals surface area contributed by atoms with E-state index < -0.39 is 5.76 Å². The fourth-order valence-electron chi connectivity index (χ4n) is 1.92. The Morgan fingerprint density at radius 2 is 1.95 bits per heavy atom. The zero-order chi connectivity index (χ0) is 14.8. The maximum Gasteiger partial charge on any atom is 0.284 e. The Hall–Kier alpha value is -0.590. The molecule has 0 aliphatic carbocycles. The van der Waals surface area contributed by atoms with E-state index >= 15 is 0 Å². The van der Waals surface area contributed by atoms with Gasteiger partial charge in [-0.2, -0.15) is 8.78 Å². The number of furan rings is 1. The van der Waals surface area contributed by atoms with Crippen LogP contribution in [0.1, 0.15) is 31.8 Å². The van der Waals surface area contributed by atoms with Crippen LogP contribution in [0.4, 0.5) is 8.78 Å². The molecule has 0 spiro atoms. The summed E-state index contributed by atoms with van der Waals surface area (Å²) in [5, 5.41) is 3.31. The number of hydrogen-bond acceptors (Lipinski definition) is 4. The van der Waals surface area contributed by atoms with E-state index in [0.29, 0.717) is 24.1 Å². The van der Waals surface area contributed by atoms with E-state index in [4.69, 9.17) is 4.42 Å². The molecule has 0 aromatic carbocycles. The standard InChI is InChI=1S/C14H24F2N2OS/c1-3-18(4-2)9-5-8-17-10-12-6-7-13(19-12)11-20-14(15)16/h6-7,14,17H,3-5,8-11H2,1-2H3. The Morgan fingerprint density at radius 1 is 1.25 bits per heavy atom. The van der Waals surface area contributed by atoms with Gasteiger partial charge in [-0.15, -0.1) is 0 Å². The maximum atomic E-state index is 12.0. The minimum Gasteiger partial charge on any atom is -0.464 e. The molecule has 0 radical (unpaired) electrons. The molecular weight excluding hydrogens is 282 g/mol. The highest BCUT2D eigenvalue weighted by Gasteiger charge is 2.07. The Balaban J connectivity index is 2.13. The summed E-state index contributed by atoms with van der Waals surface area (Å²) in [5.74, 6) is -0.714. The maximum absolute atomic E-state index is 12.0. The second-order valence-corrected chi connectivity index (χ2v) is 5.48. The van der Waals surface area contributed by atoms with Crippen molar-refractivity contribution in [2.45, 2.75) is 38.3 Å². The molecule has 1 aromatic heterocycles. The summed E-state index contributed by atoms with van der Waals surface area (Å²) in [7, 11) is 0.